The van der Waals surface area contributed by atoms with Gasteiger partial charge in [0.05, 0.1) is 32.5 Å². The Morgan fingerprint density at radius 3 is 2.96 bits per heavy atom. The fourth-order valence-electron chi connectivity index (χ4n) is 2.48. The Morgan fingerprint density at radius 1 is 1.38 bits per heavy atom. The van der Waals surface area contributed by atoms with Crippen molar-refractivity contribution >= 4 is 29.0 Å². The summed E-state index contributed by atoms with van der Waals surface area (Å²) in [6.45, 7) is 0.496. The Hall–Kier alpha value is -2.92. The van der Waals surface area contributed by atoms with E-state index in [2.05, 4.69) is 4.98 Å². The van der Waals surface area contributed by atoms with Gasteiger partial charge in [-0.1, -0.05) is 17.8 Å². The number of rotatable bonds is 4. The normalized spacial score (nSPS) is 16.9. The SMILES string of the molecule is N#Cc1ccnc(S[C@H]2CCN(c3cccc([N+](=O)[O-])c3)C2=O)c1. The molecule has 0 aliphatic carbocycles. The number of nitro benzene ring substituents is 1. The van der Waals surface area contributed by atoms with Crippen LogP contribution in [0.4, 0.5) is 11.4 Å². The summed E-state index contributed by atoms with van der Waals surface area (Å²) in [4.78, 5) is 28.7. The molecule has 1 atom stereocenters. The van der Waals surface area contributed by atoms with Crippen LogP contribution >= 0.6 is 11.8 Å². The second-order valence-corrected chi connectivity index (χ2v) is 6.38. The number of hydrogen-bond donors (Lipinski definition) is 0. The quantitative estimate of drug-likeness (QED) is 0.626. The van der Waals surface area contributed by atoms with E-state index in [1.165, 1.54) is 23.9 Å². The molecule has 1 fully saturated rings. The zero-order valence-corrected chi connectivity index (χ0v) is 13.3. The highest BCUT2D eigenvalue weighted by Gasteiger charge is 2.34. The van der Waals surface area contributed by atoms with E-state index in [9.17, 15) is 14.9 Å². The number of nitrogens with zero attached hydrogens (tertiary/aromatic N) is 4. The third-order valence-corrected chi connectivity index (χ3v) is 4.82. The van der Waals surface area contributed by atoms with Crippen LogP contribution in [0, 0.1) is 21.4 Å². The summed E-state index contributed by atoms with van der Waals surface area (Å²) in [5.74, 6) is -0.107. The van der Waals surface area contributed by atoms with E-state index in [1.54, 1.807) is 35.4 Å². The molecule has 1 aliphatic rings. The van der Waals surface area contributed by atoms with Gasteiger partial charge in [0.25, 0.3) is 5.69 Å². The van der Waals surface area contributed by atoms with Crippen LogP contribution in [0.1, 0.15) is 12.0 Å². The smallest absolute Gasteiger partial charge is 0.271 e. The van der Waals surface area contributed by atoms with Gasteiger partial charge in [-0.15, -0.1) is 0 Å². The molecular weight excluding hydrogens is 328 g/mol. The van der Waals surface area contributed by atoms with E-state index < -0.39 is 4.92 Å². The maximum atomic E-state index is 12.6. The highest BCUT2D eigenvalue weighted by Crippen LogP contribution is 2.33. The van der Waals surface area contributed by atoms with Gasteiger partial charge in [-0.2, -0.15) is 5.26 Å². The van der Waals surface area contributed by atoms with Crippen LogP contribution in [0.5, 0.6) is 0 Å². The molecule has 24 heavy (non-hydrogen) atoms. The Labute approximate surface area is 142 Å². The van der Waals surface area contributed by atoms with Crippen molar-refractivity contribution in [3.8, 4) is 6.07 Å². The minimum atomic E-state index is -0.479. The van der Waals surface area contributed by atoms with Crippen LogP contribution in [0.25, 0.3) is 0 Å². The van der Waals surface area contributed by atoms with Gasteiger partial charge >= 0.3 is 0 Å². The van der Waals surface area contributed by atoms with Gasteiger partial charge in [0.1, 0.15) is 0 Å². The average Bonchev–Trinajstić information content (AvgIpc) is 2.96. The van der Waals surface area contributed by atoms with Gasteiger partial charge in [0, 0.05) is 24.9 Å². The van der Waals surface area contributed by atoms with Gasteiger partial charge < -0.3 is 4.90 Å². The summed E-state index contributed by atoms with van der Waals surface area (Å²) in [7, 11) is 0. The number of aromatic nitrogens is 1. The topological polar surface area (TPSA) is 100 Å². The first kappa shape index (κ1) is 16.0. The first-order chi connectivity index (χ1) is 11.6. The van der Waals surface area contributed by atoms with E-state index >= 15 is 0 Å². The zero-order chi connectivity index (χ0) is 17.1. The molecule has 0 N–H and O–H groups in total. The van der Waals surface area contributed by atoms with Crippen LogP contribution in [0.2, 0.25) is 0 Å². The Balaban J connectivity index is 1.76. The van der Waals surface area contributed by atoms with Gasteiger partial charge in [0.2, 0.25) is 5.91 Å². The Kier molecular flexibility index (Phi) is 4.44. The summed E-state index contributed by atoms with van der Waals surface area (Å²) >= 11 is 1.31. The van der Waals surface area contributed by atoms with E-state index in [1.807, 2.05) is 6.07 Å². The average molecular weight is 340 g/mol. The highest BCUT2D eigenvalue weighted by atomic mass is 32.2. The Morgan fingerprint density at radius 2 is 2.21 bits per heavy atom. The zero-order valence-electron chi connectivity index (χ0n) is 12.5. The lowest BCUT2D eigenvalue weighted by Gasteiger charge is -2.16. The number of nitro groups is 1. The summed E-state index contributed by atoms with van der Waals surface area (Å²) < 4.78 is 0. The van der Waals surface area contributed by atoms with Crippen molar-refractivity contribution in [3.05, 3.63) is 58.3 Å². The molecule has 0 radical (unpaired) electrons. The van der Waals surface area contributed by atoms with Gasteiger partial charge in [-0.05, 0) is 24.6 Å². The van der Waals surface area contributed by atoms with Crippen LogP contribution in [0.15, 0.2) is 47.6 Å². The number of benzene rings is 1. The lowest BCUT2D eigenvalue weighted by Crippen LogP contribution is -2.28. The van der Waals surface area contributed by atoms with Gasteiger partial charge in [-0.25, -0.2) is 4.98 Å². The van der Waals surface area contributed by atoms with Crippen LogP contribution in [-0.4, -0.2) is 27.6 Å². The maximum absolute atomic E-state index is 12.6. The molecule has 7 nitrogen and oxygen atoms in total. The number of carbonyl (C=O) groups is 1. The molecule has 1 saturated heterocycles. The maximum Gasteiger partial charge on any atom is 0.271 e. The molecule has 1 aromatic heterocycles. The third kappa shape index (κ3) is 3.21. The van der Waals surface area contributed by atoms with Crippen molar-refractivity contribution < 1.29 is 9.72 Å². The Bertz CT molecular complexity index is 849. The van der Waals surface area contributed by atoms with Gasteiger partial charge in [0.15, 0.2) is 0 Å². The standard InChI is InChI=1S/C16H12N4O3S/c17-10-11-4-6-18-15(8-11)24-14-5-7-19(16(14)21)12-2-1-3-13(9-12)20(22)23/h1-4,6,8-9,14H,5,7H2/t14-/m0/s1. The van der Waals surface area contributed by atoms with Crippen LogP contribution in [-0.2, 0) is 4.79 Å². The second kappa shape index (κ2) is 6.68. The fourth-order valence-corrected chi connectivity index (χ4v) is 3.54. The van der Waals surface area contributed by atoms with E-state index in [4.69, 9.17) is 5.26 Å². The van der Waals surface area contributed by atoms with Crippen LogP contribution in [0.3, 0.4) is 0 Å². The predicted molar refractivity (Wildman–Crippen MR) is 88.7 cm³/mol. The van der Waals surface area contributed by atoms with Crippen molar-refractivity contribution in [1.29, 1.82) is 5.26 Å². The minimum absolute atomic E-state index is 0.0419. The largest absolute Gasteiger partial charge is 0.311 e. The third-order valence-electron chi connectivity index (χ3n) is 3.64. The fraction of sp³-hybridized carbons (Fsp3) is 0.188. The van der Waals surface area contributed by atoms with Gasteiger partial charge in [-0.3, -0.25) is 14.9 Å². The summed E-state index contributed by atoms with van der Waals surface area (Å²) in [5, 5.41) is 20.1. The van der Waals surface area contributed by atoms with Crippen molar-refractivity contribution in [3.63, 3.8) is 0 Å². The van der Waals surface area contributed by atoms with E-state index in [0.29, 0.717) is 29.2 Å². The highest BCUT2D eigenvalue weighted by molar-refractivity contribution is 8.00. The number of nitriles is 1. The molecule has 1 amide bonds. The van der Waals surface area contributed by atoms with Crippen molar-refractivity contribution in [1.82, 2.24) is 4.98 Å². The minimum Gasteiger partial charge on any atom is -0.311 e. The number of non-ortho nitro benzene ring substituents is 1. The molecule has 1 aliphatic heterocycles. The monoisotopic (exact) mass is 340 g/mol. The van der Waals surface area contributed by atoms with Crippen LogP contribution < -0.4 is 4.90 Å². The first-order valence-electron chi connectivity index (χ1n) is 7.17. The number of amides is 1. The molecule has 0 unspecified atom stereocenters. The summed E-state index contributed by atoms with van der Waals surface area (Å²) in [5.41, 5.74) is 0.976. The molecule has 120 valence electrons. The number of thioether (sulfide) groups is 1. The molecule has 1 aromatic carbocycles. The number of pyridine rings is 1. The first-order valence-corrected chi connectivity index (χ1v) is 8.05. The molecule has 8 heteroatoms. The molecule has 0 spiro atoms. The molecular formula is C16H12N4O3S. The number of carbonyl (C=O) groups excluding carboxylic acids is 1. The number of hydrogen-bond acceptors (Lipinski definition) is 6. The van der Waals surface area contributed by atoms with E-state index in [0.717, 1.165) is 0 Å². The molecule has 0 saturated carbocycles. The molecule has 2 heterocycles. The lowest BCUT2D eigenvalue weighted by molar-refractivity contribution is -0.384. The van der Waals surface area contributed by atoms with E-state index in [-0.39, 0.29) is 16.8 Å². The molecule has 0 bridgehead atoms. The predicted octanol–water partition coefficient (Wildman–Crippen LogP) is 2.76. The van der Waals surface area contributed by atoms with Crippen molar-refractivity contribution in [2.24, 2.45) is 0 Å². The summed E-state index contributed by atoms with van der Waals surface area (Å²) in [6, 6.07) is 11.4. The molecule has 2 aromatic rings. The second-order valence-electron chi connectivity index (χ2n) is 5.16. The van der Waals surface area contributed by atoms with Crippen molar-refractivity contribution in [2.75, 3.05) is 11.4 Å². The van der Waals surface area contributed by atoms with Crippen molar-refractivity contribution in [2.45, 2.75) is 16.7 Å². The summed E-state index contributed by atoms with van der Waals surface area (Å²) in [6.07, 6.45) is 2.16. The molecule has 3 rings (SSSR count). The number of anilines is 1. The lowest BCUT2D eigenvalue weighted by atomic mass is 10.2.